The second-order valence-electron chi connectivity index (χ2n) is 13.6. The van der Waals surface area contributed by atoms with Gasteiger partial charge < -0.3 is 74.5 Å². The number of aliphatic carboxylic acids is 2. The Morgan fingerprint density at radius 2 is 1.33 bits per heavy atom. The van der Waals surface area contributed by atoms with Crippen molar-refractivity contribution < 1.29 is 58.8 Å². The molecular formula is C33H56N12O12. The van der Waals surface area contributed by atoms with Crippen LogP contribution in [-0.2, 0) is 44.8 Å². The summed E-state index contributed by atoms with van der Waals surface area (Å²) in [5.74, 6) is -8.78. The molecule has 0 saturated heterocycles. The number of nitrogens with two attached hydrogens (primary N) is 3. The summed E-state index contributed by atoms with van der Waals surface area (Å²) >= 11 is 0. The quantitative estimate of drug-likeness (QED) is 0.0236. The number of guanidine groups is 1. The molecule has 0 radical (unpaired) electrons. The number of nitrogens with one attached hydrogen (secondary N) is 7. The Kier molecular flexibility index (Phi) is 21.2. The first-order valence-corrected chi connectivity index (χ1v) is 18.0. The Hall–Kier alpha value is -5.88. The molecule has 0 aliphatic rings. The molecule has 24 nitrogen and oxygen atoms in total. The molecule has 17 N–H and O–H groups in total. The summed E-state index contributed by atoms with van der Waals surface area (Å²) in [4.78, 5) is 113. The third-order valence-corrected chi connectivity index (χ3v) is 8.14. The monoisotopic (exact) mass is 812 g/mol. The molecule has 0 unspecified atom stereocenters. The molecule has 8 atom stereocenters. The second-order valence-corrected chi connectivity index (χ2v) is 13.6. The summed E-state index contributed by atoms with van der Waals surface area (Å²) < 4.78 is 0. The van der Waals surface area contributed by atoms with Crippen LogP contribution in [0.1, 0.15) is 65.5 Å². The Labute approximate surface area is 327 Å². The number of carbonyl (C=O) groups is 8. The SMILES string of the molecule is CC(C)C[C@H](NC(=O)[C@H](C)NC(=O)[C@H](CCC(=O)O)NC(=O)[C@@H](NC(=O)[C@@H](N)CO)[C@@H](C)O)C(=O)N[C@@H](CCCN=C(N)N)C(=O)N[C@@H](Cc1cnc[nH]1)C(=O)O. The smallest absolute Gasteiger partial charge is 0.326 e. The van der Waals surface area contributed by atoms with Gasteiger partial charge in [0.2, 0.25) is 35.4 Å². The van der Waals surface area contributed by atoms with Crippen LogP contribution in [0.15, 0.2) is 17.5 Å². The number of carboxylic acids is 2. The summed E-state index contributed by atoms with van der Waals surface area (Å²) in [5, 5.41) is 52.4. The fraction of sp³-hybridized carbons (Fsp3) is 0.636. The number of aliphatic hydroxyl groups excluding tert-OH is 2. The van der Waals surface area contributed by atoms with Crippen molar-refractivity contribution >= 4 is 53.3 Å². The van der Waals surface area contributed by atoms with E-state index in [2.05, 4.69) is 46.9 Å². The molecule has 6 amide bonds. The van der Waals surface area contributed by atoms with Gasteiger partial charge in [-0.15, -0.1) is 0 Å². The first-order chi connectivity index (χ1) is 26.7. The first-order valence-electron chi connectivity index (χ1n) is 18.0. The number of nitrogens with zero attached hydrogens (tertiary/aromatic N) is 2. The van der Waals surface area contributed by atoms with Crippen molar-refractivity contribution in [1.29, 1.82) is 0 Å². The van der Waals surface area contributed by atoms with Crippen molar-refractivity contribution in [3.05, 3.63) is 18.2 Å². The van der Waals surface area contributed by atoms with Gasteiger partial charge in [0, 0.05) is 31.3 Å². The van der Waals surface area contributed by atoms with E-state index in [-0.39, 0.29) is 44.1 Å². The first kappa shape index (κ1) is 49.1. The number of imidazole rings is 1. The number of amides is 6. The average molecular weight is 813 g/mol. The zero-order valence-electron chi connectivity index (χ0n) is 32.2. The Bertz CT molecular complexity index is 1550. The van der Waals surface area contributed by atoms with Crippen LogP contribution in [0, 0.1) is 5.92 Å². The molecule has 1 aromatic heterocycles. The molecule has 57 heavy (non-hydrogen) atoms. The van der Waals surface area contributed by atoms with Gasteiger partial charge in [0.05, 0.1) is 19.0 Å². The number of carbonyl (C=O) groups excluding carboxylic acids is 6. The highest BCUT2D eigenvalue weighted by Crippen LogP contribution is 2.09. The molecule has 1 aromatic rings. The van der Waals surface area contributed by atoms with Crippen LogP contribution >= 0.6 is 0 Å². The molecule has 320 valence electrons. The van der Waals surface area contributed by atoms with E-state index in [1.165, 1.54) is 19.4 Å². The van der Waals surface area contributed by atoms with Gasteiger partial charge in [-0.05, 0) is 45.4 Å². The van der Waals surface area contributed by atoms with Gasteiger partial charge in [0.15, 0.2) is 5.96 Å². The second kappa shape index (κ2) is 24.6. The lowest BCUT2D eigenvalue weighted by molar-refractivity contribution is -0.142. The fourth-order valence-electron chi connectivity index (χ4n) is 5.06. The number of aliphatic imine (C=N–C) groups is 1. The van der Waals surface area contributed by atoms with Crippen LogP contribution in [0.3, 0.4) is 0 Å². The van der Waals surface area contributed by atoms with E-state index in [1.807, 2.05) is 0 Å². The number of hydrogen-bond donors (Lipinski definition) is 14. The van der Waals surface area contributed by atoms with Crippen molar-refractivity contribution in [2.45, 2.75) is 115 Å². The third-order valence-electron chi connectivity index (χ3n) is 8.14. The summed E-state index contributed by atoms with van der Waals surface area (Å²) in [5.41, 5.74) is 16.6. The summed E-state index contributed by atoms with van der Waals surface area (Å²) in [7, 11) is 0. The van der Waals surface area contributed by atoms with E-state index in [1.54, 1.807) is 13.8 Å². The van der Waals surface area contributed by atoms with E-state index in [0.29, 0.717) is 5.69 Å². The van der Waals surface area contributed by atoms with E-state index < -0.39 is 115 Å². The van der Waals surface area contributed by atoms with Crippen molar-refractivity contribution in [3.63, 3.8) is 0 Å². The van der Waals surface area contributed by atoms with Gasteiger partial charge in [-0.3, -0.25) is 38.6 Å². The highest BCUT2D eigenvalue weighted by molar-refractivity contribution is 5.97. The van der Waals surface area contributed by atoms with Crippen LogP contribution < -0.4 is 49.1 Å². The molecule has 0 bridgehead atoms. The molecule has 0 aliphatic carbocycles. The molecule has 0 fully saturated rings. The number of rotatable bonds is 26. The molecular weight excluding hydrogens is 756 g/mol. The molecule has 0 saturated carbocycles. The van der Waals surface area contributed by atoms with Gasteiger partial charge in [0.1, 0.15) is 42.3 Å². The van der Waals surface area contributed by atoms with Crippen molar-refractivity contribution in [2.75, 3.05) is 13.2 Å². The number of carboxylic acid groups (broad SMARTS) is 2. The van der Waals surface area contributed by atoms with E-state index in [4.69, 9.17) is 22.3 Å². The van der Waals surface area contributed by atoms with Crippen molar-refractivity contribution in [3.8, 4) is 0 Å². The largest absolute Gasteiger partial charge is 0.481 e. The Morgan fingerprint density at radius 3 is 1.86 bits per heavy atom. The summed E-state index contributed by atoms with van der Waals surface area (Å²) in [6, 6.07) is -10.1. The molecule has 1 rings (SSSR count). The maximum atomic E-state index is 13.7. The third kappa shape index (κ3) is 18.5. The molecule has 1 heterocycles. The van der Waals surface area contributed by atoms with Gasteiger partial charge in [0.25, 0.3) is 0 Å². The van der Waals surface area contributed by atoms with Crippen LogP contribution in [-0.4, -0.2) is 145 Å². The van der Waals surface area contributed by atoms with Crippen molar-refractivity contribution in [1.82, 2.24) is 41.9 Å². The zero-order valence-corrected chi connectivity index (χ0v) is 32.2. The minimum atomic E-state index is -1.67. The van der Waals surface area contributed by atoms with E-state index >= 15 is 0 Å². The maximum Gasteiger partial charge on any atom is 0.326 e. The number of aliphatic hydroxyl groups is 2. The topological polar surface area (TPSA) is 409 Å². The lowest BCUT2D eigenvalue weighted by atomic mass is 10.0. The standard InChI is InChI=1S/C33H56N12O12/c1-15(2)10-22(30(54)41-20(6-5-9-38-33(35)36)29(53)44-23(32(56)57)11-18-12-37-14-39-18)43-26(50)16(3)40-28(52)21(7-8-24(48)49)42-31(55)25(17(4)47)45-27(51)19(34)13-46/h12,14-17,19-23,25,46-47H,5-11,13,34H2,1-4H3,(H,37,39)(H,40,52)(H,41,54)(H,42,55)(H,43,50)(H,44,53)(H,45,51)(H,48,49)(H,56,57)(H4,35,36,38)/t16-,17+,19-,20-,21-,22-,23-,25-/m0/s1. The predicted octanol–water partition coefficient (Wildman–Crippen LogP) is -5.37. The summed E-state index contributed by atoms with van der Waals surface area (Å²) in [6.07, 6.45) is 0.131. The van der Waals surface area contributed by atoms with Gasteiger partial charge in [-0.25, -0.2) is 9.78 Å². The van der Waals surface area contributed by atoms with E-state index in [9.17, 15) is 53.7 Å². The van der Waals surface area contributed by atoms with Crippen LogP contribution in [0.2, 0.25) is 0 Å². The van der Waals surface area contributed by atoms with Gasteiger partial charge in [-0.2, -0.15) is 0 Å². The van der Waals surface area contributed by atoms with Crippen LogP contribution in [0.25, 0.3) is 0 Å². The fourth-order valence-corrected chi connectivity index (χ4v) is 5.06. The van der Waals surface area contributed by atoms with Gasteiger partial charge in [-0.1, -0.05) is 13.8 Å². The number of aromatic amines is 1. The molecule has 0 aliphatic heterocycles. The highest BCUT2D eigenvalue weighted by atomic mass is 16.4. The lowest BCUT2D eigenvalue weighted by Gasteiger charge is -2.27. The molecule has 0 aromatic carbocycles. The number of hydrogen-bond acceptors (Lipinski definition) is 13. The Balaban J connectivity index is 3.20. The minimum absolute atomic E-state index is 0.0435. The van der Waals surface area contributed by atoms with Crippen LogP contribution in [0.4, 0.5) is 0 Å². The number of H-pyrrole nitrogens is 1. The lowest BCUT2D eigenvalue weighted by Crippen LogP contribution is -2.61. The Morgan fingerprint density at radius 1 is 0.772 bits per heavy atom. The van der Waals surface area contributed by atoms with Crippen molar-refractivity contribution in [2.24, 2.45) is 28.1 Å². The zero-order chi connectivity index (χ0) is 43.4. The molecule has 0 spiro atoms. The maximum absolute atomic E-state index is 13.7. The van der Waals surface area contributed by atoms with E-state index in [0.717, 1.165) is 6.92 Å². The number of aromatic nitrogens is 2. The molecule has 24 heteroatoms. The summed E-state index contributed by atoms with van der Waals surface area (Å²) in [6.45, 7) is 5.19. The normalized spacial score (nSPS) is 15.2. The minimum Gasteiger partial charge on any atom is -0.481 e. The predicted molar refractivity (Wildman–Crippen MR) is 200 cm³/mol. The average Bonchev–Trinajstić information content (AvgIpc) is 3.64. The van der Waals surface area contributed by atoms with Crippen LogP contribution in [0.5, 0.6) is 0 Å². The highest BCUT2D eigenvalue weighted by Gasteiger charge is 2.34. The van der Waals surface area contributed by atoms with Gasteiger partial charge >= 0.3 is 11.9 Å².